The topological polar surface area (TPSA) is 25.0 Å². The SMILES string of the molecule is COC(C)Cc1c[nH]c2ccccc12. The number of benzene rings is 1. The maximum Gasteiger partial charge on any atom is 0.0584 e. The summed E-state index contributed by atoms with van der Waals surface area (Å²) in [5, 5.41) is 1.30. The molecule has 1 unspecified atom stereocenters. The number of para-hydroxylation sites is 1. The Kier molecular flexibility index (Phi) is 2.55. The van der Waals surface area contributed by atoms with Gasteiger partial charge in [0.15, 0.2) is 0 Å². The fourth-order valence-electron chi connectivity index (χ4n) is 1.69. The third-order valence-electron chi connectivity index (χ3n) is 2.58. The van der Waals surface area contributed by atoms with Gasteiger partial charge < -0.3 is 9.72 Å². The van der Waals surface area contributed by atoms with Crippen LogP contribution in [-0.2, 0) is 11.2 Å². The van der Waals surface area contributed by atoms with Crippen LogP contribution in [0.5, 0.6) is 0 Å². The third kappa shape index (κ3) is 1.66. The molecule has 0 spiro atoms. The zero-order valence-electron chi connectivity index (χ0n) is 8.58. The molecule has 2 aromatic rings. The number of methoxy groups -OCH3 is 1. The smallest absolute Gasteiger partial charge is 0.0584 e. The van der Waals surface area contributed by atoms with Crippen molar-refractivity contribution in [3.8, 4) is 0 Å². The maximum absolute atomic E-state index is 5.26. The molecule has 1 aromatic heterocycles. The van der Waals surface area contributed by atoms with Crippen LogP contribution in [0.2, 0.25) is 0 Å². The van der Waals surface area contributed by atoms with Gasteiger partial charge in [-0.2, -0.15) is 0 Å². The van der Waals surface area contributed by atoms with Crippen molar-refractivity contribution in [3.05, 3.63) is 36.0 Å². The van der Waals surface area contributed by atoms with E-state index < -0.39 is 0 Å². The van der Waals surface area contributed by atoms with Gasteiger partial charge in [-0.3, -0.25) is 0 Å². The lowest BCUT2D eigenvalue weighted by Gasteiger charge is -2.07. The molecule has 0 amide bonds. The number of hydrogen-bond donors (Lipinski definition) is 1. The van der Waals surface area contributed by atoms with Crippen molar-refractivity contribution in [2.24, 2.45) is 0 Å². The van der Waals surface area contributed by atoms with Gasteiger partial charge in [0.2, 0.25) is 0 Å². The predicted molar refractivity (Wildman–Crippen MR) is 58.5 cm³/mol. The molecule has 0 saturated heterocycles. The first-order valence-corrected chi connectivity index (χ1v) is 4.89. The van der Waals surface area contributed by atoms with Crippen LogP contribution < -0.4 is 0 Å². The number of hydrogen-bond acceptors (Lipinski definition) is 1. The minimum atomic E-state index is 0.272. The summed E-state index contributed by atoms with van der Waals surface area (Å²) in [6, 6.07) is 8.35. The summed E-state index contributed by atoms with van der Waals surface area (Å²) in [6.45, 7) is 2.09. The van der Waals surface area contributed by atoms with E-state index in [0.29, 0.717) is 0 Å². The highest BCUT2D eigenvalue weighted by Gasteiger charge is 2.06. The molecule has 2 heteroatoms. The van der Waals surface area contributed by atoms with E-state index in [9.17, 15) is 0 Å². The van der Waals surface area contributed by atoms with Crippen LogP contribution in [0.15, 0.2) is 30.5 Å². The van der Waals surface area contributed by atoms with Crippen molar-refractivity contribution in [2.75, 3.05) is 7.11 Å². The second kappa shape index (κ2) is 3.84. The van der Waals surface area contributed by atoms with Gasteiger partial charge in [-0.15, -0.1) is 0 Å². The van der Waals surface area contributed by atoms with Crippen molar-refractivity contribution in [1.82, 2.24) is 4.98 Å². The molecule has 14 heavy (non-hydrogen) atoms. The van der Waals surface area contributed by atoms with E-state index in [2.05, 4.69) is 36.3 Å². The van der Waals surface area contributed by atoms with Crippen LogP contribution in [0.3, 0.4) is 0 Å². The lowest BCUT2D eigenvalue weighted by molar-refractivity contribution is 0.119. The molecule has 2 rings (SSSR count). The molecular weight excluding hydrogens is 174 g/mol. The molecule has 0 aliphatic rings. The molecule has 0 saturated carbocycles. The van der Waals surface area contributed by atoms with Gasteiger partial charge in [0.1, 0.15) is 0 Å². The number of aromatic nitrogens is 1. The minimum absolute atomic E-state index is 0.272. The average molecular weight is 189 g/mol. The van der Waals surface area contributed by atoms with Crippen LogP contribution in [0.25, 0.3) is 10.9 Å². The maximum atomic E-state index is 5.26. The molecule has 2 nitrogen and oxygen atoms in total. The molecular formula is C12H15NO. The largest absolute Gasteiger partial charge is 0.381 e. The summed E-state index contributed by atoms with van der Waals surface area (Å²) in [5.74, 6) is 0. The van der Waals surface area contributed by atoms with Crippen molar-refractivity contribution >= 4 is 10.9 Å². The molecule has 0 aliphatic heterocycles. The number of rotatable bonds is 3. The number of nitrogens with one attached hydrogen (secondary N) is 1. The standard InChI is InChI=1S/C12H15NO/c1-9(14-2)7-10-8-13-12-6-4-3-5-11(10)12/h3-6,8-9,13H,7H2,1-2H3. The first-order chi connectivity index (χ1) is 6.81. The molecule has 0 radical (unpaired) electrons. The van der Waals surface area contributed by atoms with E-state index in [1.165, 1.54) is 16.5 Å². The second-order valence-corrected chi connectivity index (χ2v) is 3.61. The number of ether oxygens (including phenoxy) is 1. The van der Waals surface area contributed by atoms with E-state index in [1.807, 2.05) is 6.07 Å². The zero-order valence-corrected chi connectivity index (χ0v) is 8.58. The summed E-state index contributed by atoms with van der Waals surface area (Å²) in [5.41, 5.74) is 2.53. The van der Waals surface area contributed by atoms with Gasteiger partial charge >= 0.3 is 0 Å². The number of H-pyrrole nitrogens is 1. The van der Waals surface area contributed by atoms with E-state index in [-0.39, 0.29) is 6.10 Å². The highest BCUT2D eigenvalue weighted by Crippen LogP contribution is 2.19. The summed E-state index contributed by atoms with van der Waals surface area (Å²) in [6.07, 6.45) is 3.30. The average Bonchev–Trinajstić information content (AvgIpc) is 2.62. The van der Waals surface area contributed by atoms with Gasteiger partial charge in [0, 0.05) is 30.6 Å². The Morgan fingerprint density at radius 1 is 1.36 bits per heavy atom. The minimum Gasteiger partial charge on any atom is -0.381 e. The Morgan fingerprint density at radius 3 is 2.93 bits per heavy atom. The Morgan fingerprint density at radius 2 is 2.14 bits per heavy atom. The van der Waals surface area contributed by atoms with E-state index in [4.69, 9.17) is 4.74 Å². The van der Waals surface area contributed by atoms with Gasteiger partial charge in [0.05, 0.1) is 6.10 Å². The van der Waals surface area contributed by atoms with Crippen molar-refractivity contribution in [3.63, 3.8) is 0 Å². The quantitative estimate of drug-likeness (QED) is 0.789. The highest BCUT2D eigenvalue weighted by molar-refractivity contribution is 5.83. The molecule has 1 atom stereocenters. The summed E-state index contributed by atoms with van der Waals surface area (Å²) >= 11 is 0. The van der Waals surface area contributed by atoms with Crippen LogP contribution in [0.1, 0.15) is 12.5 Å². The zero-order chi connectivity index (χ0) is 9.97. The molecule has 0 bridgehead atoms. The molecule has 1 N–H and O–H groups in total. The summed E-state index contributed by atoms with van der Waals surface area (Å²) in [7, 11) is 1.75. The first kappa shape index (κ1) is 9.28. The van der Waals surface area contributed by atoms with Crippen molar-refractivity contribution in [2.45, 2.75) is 19.4 Å². The second-order valence-electron chi connectivity index (χ2n) is 3.61. The van der Waals surface area contributed by atoms with Crippen LogP contribution in [0, 0.1) is 0 Å². The van der Waals surface area contributed by atoms with Gasteiger partial charge in [-0.05, 0) is 18.6 Å². The molecule has 1 aromatic carbocycles. The van der Waals surface area contributed by atoms with Crippen molar-refractivity contribution in [1.29, 1.82) is 0 Å². The Hall–Kier alpha value is -1.28. The molecule has 0 fully saturated rings. The highest BCUT2D eigenvalue weighted by atomic mass is 16.5. The fourth-order valence-corrected chi connectivity index (χ4v) is 1.69. The molecule has 1 heterocycles. The monoisotopic (exact) mass is 189 g/mol. The summed E-state index contributed by atoms with van der Waals surface area (Å²) < 4.78 is 5.26. The van der Waals surface area contributed by atoms with E-state index >= 15 is 0 Å². The predicted octanol–water partition coefficient (Wildman–Crippen LogP) is 2.75. The summed E-state index contributed by atoms with van der Waals surface area (Å²) in [4.78, 5) is 3.26. The normalized spacial score (nSPS) is 13.3. The van der Waals surface area contributed by atoms with Crippen LogP contribution in [-0.4, -0.2) is 18.2 Å². The lowest BCUT2D eigenvalue weighted by atomic mass is 10.1. The van der Waals surface area contributed by atoms with E-state index in [1.54, 1.807) is 7.11 Å². The van der Waals surface area contributed by atoms with Gasteiger partial charge in [-0.25, -0.2) is 0 Å². The lowest BCUT2D eigenvalue weighted by Crippen LogP contribution is -2.07. The number of aromatic amines is 1. The molecule has 74 valence electrons. The van der Waals surface area contributed by atoms with Crippen LogP contribution in [0.4, 0.5) is 0 Å². The molecule has 0 aliphatic carbocycles. The Bertz CT molecular complexity index is 419. The van der Waals surface area contributed by atoms with E-state index in [0.717, 1.165) is 6.42 Å². The Labute approximate surface area is 83.9 Å². The van der Waals surface area contributed by atoms with Crippen LogP contribution >= 0.6 is 0 Å². The Balaban J connectivity index is 2.33. The third-order valence-corrected chi connectivity index (χ3v) is 2.58. The fraction of sp³-hybridized carbons (Fsp3) is 0.333. The van der Waals surface area contributed by atoms with Crippen molar-refractivity contribution < 1.29 is 4.74 Å². The van der Waals surface area contributed by atoms with Gasteiger partial charge in [-0.1, -0.05) is 18.2 Å². The first-order valence-electron chi connectivity index (χ1n) is 4.89. The number of fused-ring (bicyclic) bond motifs is 1. The van der Waals surface area contributed by atoms with Gasteiger partial charge in [0.25, 0.3) is 0 Å².